The second-order valence-corrected chi connectivity index (χ2v) is 7.34. The van der Waals surface area contributed by atoms with Crippen LogP contribution in [0, 0.1) is 0 Å². The quantitative estimate of drug-likeness (QED) is 0.648. The third-order valence-corrected chi connectivity index (χ3v) is 5.54. The number of fused-ring (bicyclic) bond motifs is 4. The van der Waals surface area contributed by atoms with Crippen LogP contribution in [0.5, 0.6) is 0 Å². The molecule has 2 amide bonds. The van der Waals surface area contributed by atoms with Gasteiger partial charge in [-0.05, 0) is 35.9 Å². The molecule has 5 rings (SSSR count). The van der Waals surface area contributed by atoms with E-state index in [0.717, 1.165) is 21.4 Å². The average molecular weight is 409 g/mol. The number of amides is 2. The molecule has 0 saturated carbocycles. The van der Waals surface area contributed by atoms with Crippen molar-refractivity contribution in [3.63, 3.8) is 0 Å². The number of para-hydroxylation sites is 1. The third kappa shape index (κ3) is 1.94. The summed E-state index contributed by atoms with van der Waals surface area (Å²) in [5.41, 5.74) is 2.04. The lowest BCUT2D eigenvalue weighted by atomic mass is 9.72. The summed E-state index contributed by atoms with van der Waals surface area (Å²) in [6.45, 7) is 0. The van der Waals surface area contributed by atoms with Crippen molar-refractivity contribution >= 4 is 39.2 Å². The number of rotatable bonds is 1. The molecular formula is C19H13BrN4O2. The summed E-state index contributed by atoms with van der Waals surface area (Å²) >= 11 is 3.42. The van der Waals surface area contributed by atoms with E-state index in [1.54, 1.807) is 10.9 Å². The number of hydrogen-bond acceptors (Lipinski definition) is 3. The van der Waals surface area contributed by atoms with E-state index in [0.29, 0.717) is 11.4 Å². The Labute approximate surface area is 157 Å². The van der Waals surface area contributed by atoms with E-state index in [4.69, 9.17) is 0 Å². The molecule has 0 radical (unpaired) electrons. The van der Waals surface area contributed by atoms with Crippen LogP contribution >= 0.6 is 15.9 Å². The highest BCUT2D eigenvalue weighted by Gasteiger charge is 2.54. The van der Waals surface area contributed by atoms with Crippen molar-refractivity contribution in [1.82, 2.24) is 9.78 Å². The first-order valence-corrected chi connectivity index (χ1v) is 8.94. The Hall–Kier alpha value is -2.93. The molecule has 1 aromatic heterocycles. The highest BCUT2D eigenvalue weighted by Crippen LogP contribution is 2.49. The highest BCUT2D eigenvalue weighted by atomic mass is 79.9. The molecule has 0 saturated heterocycles. The predicted molar refractivity (Wildman–Crippen MR) is 100 cm³/mol. The summed E-state index contributed by atoms with van der Waals surface area (Å²) in [4.78, 5) is 25.5. The molecule has 26 heavy (non-hydrogen) atoms. The van der Waals surface area contributed by atoms with Crippen LogP contribution in [0.15, 0.2) is 59.2 Å². The fourth-order valence-corrected chi connectivity index (χ4v) is 4.09. The molecule has 2 aromatic carbocycles. The summed E-state index contributed by atoms with van der Waals surface area (Å²) in [6, 6.07) is 15.1. The molecule has 2 N–H and O–H groups in total. The first-order chi connectivity index (χ1) is 12.6. The number of halogens is 1. The minimum Gasteiger partial charge on any atom is -0.325 e. The van der Waals surface area contributed by atoms with Crippen molar-refractivity contribution < 1.29 is 9.59 Å². The van der Waals surface area contributed by atoms with Crippen LogP contribution in [0.25, 0.3) is 5.69 Å². The summed E-state index contributed by atoms with van der Waals surface area (Å²) < 4.78 is 2.61. The van der Waals surface area contributed by atoms with E-state index in [9.17, 15) is 9.59 Å². The Morgan fingerprint density at radius 3 is 2.58 bits per heavy atom. The largest absolute Gasteiger partial charge is 0.325 e. The van der Waals surface area contributed by atoms with Crippen LogP contribution in [0.3, 0.4) is 0 Å². The number of aromatic nitrogens is 2. The van der Waals surface area contributed by atoms with Gasteiger partial charge in [0.15, 0.2) is 0 Å². The molecule has 1 unspecified atom stereocenters. The van der Waals surface area contributed by atoms with E-state index < -0.39 is 5.41 Å². The van der Waals surface area contributed by atoms with Gasteiger partial charge in [0.05, 0.1) is 11.9 Å². The Morgan fingerprint density at radius 1 is 1.00 bits per heavy atom. The normalized spacial score (nSPS) is 20.5. The van der Waals surface area contributed by atoms with Crippen molar-refractivity contribution in [3.05, 3.63) is 70.3 Å². The maximum atomic E-state index is 13.0. The lowest BCUT2D eigenvalue weighted by molar-refractivity contribution is -0.125. The van der Waals surface area contributed by atoms with Gasteiger partial charge in [0.2, 0.25) is 11.8 Å². The fourth-order valence-electron chi connectivity index (χ4n) is 3.83. The fraction of sp³-hybridized carbons (Fsp3) is 0.105. The Bertz CT molecular complexity index is 1070. The van der Waals surface area contributed by atoms with Crippen molar-refractivity contribution in [3.8, 4) is 5.69 Å². The van der Waals surface area contributed by atoms with Crippen LogP contribution in [-0.2, 0) is 15.0 Å². The van der Waals surface area contributed by atoms with Crippen molar-refractivity contribution in [2.24, 2.45) is 0 Å². The van der Waals surface area contributed by atoms with Crippen LogP contribution in [0.2, 0.25) is 0 Å². The lowest BCUT2D eigenvalue weighted by Crippen LogP contribution is -2.43. The molecule has 6 nitrogen and oxygen atoms in total. The van der Waals surface area contributed by atoms with Gasteiger partial charge in [-0.2, -0.15) is 5.10 Å². The number of hydrogen-bond donors (Lipinski definition) is 2. The lowest BCUT2D eigenvalue weighted by Gasteiger charge is -2.31. The predicted octanol–water partition coefficient (Wildman–Crippen LogP) is 3.22. The van der Waals surface area contributed by atoms with Gasteiger partial charge in [-0.25, -0.2) is 4.68 Å². The highest BCUT2D eigenvalue weighted by molar-refractivity contribution is 9.10. The van der Waals surface area contributed by atoms with E-state index in [1.165, 1.54) is 0 Å². The first kappa shape index (κ1) is 15.3. The molecule has 128 valence electrons. The van der Waals surface area contributed by atoms with Gasteiger partial charge in [0.25, 0.3) is 0 Å². The SMILES string of the molecule is O=C1CC2(C(=O)Nc3ccccc32)c2cnn(-c3ccc(Br)cc3)c2N1. The van der Waals surface area contributed by atoms with Gasteiger partial charge in [0, 0.05) is 22.1 Å². The number of carbonyl (C=O) groups is 2. The minimum atomic E-state index is -1.04. The zero-order chi connectivity index (χ0) is 17.9. The Kier molecular flexibility index (Phi) is 3.12. The number of benzene rings is 2. The average Bonchev–Trinajstić information content (AvgIpc) is 3.16. The van der Waals surface area contributed by atoms with Crippen LogP contribution in [-0.4, -0.2) is 21.6 Å². The molecule has 1 atom stereocenters. The molecule has 3 heterocycles. The van der Waals surface area contributed by atoms with Gasteiger partial charge in [-0.1, -0.05) is 34.1 Å². The van der Waals surface area contributed by atoms with Gasteiger partial charge < -0.3 is 10.6 Å². The zero-order valence-electron chi connectivity index (χ0n) is 13.5. The zero-order valence-corrected chi connectivity index (χ0v) is 15.1. The molecule has 2 aliphatic heterocycles. The van der Waals surface area contributed by atoms with E-state index in [2.05, 4.69) is 31.7 Å². The molecule has 0 fully saturated rings. The maximum absolute atomic E-state index is 13.0. The summed E-state index contributed by atoms with van der Waals surface area (Å²) in [6.07, 6.45) is 1.74. The molecule has 1 spiro atoms. The van der Waals surface area contributed by atoms with E-state index >= 15 is 0 Å². The maximum Gasteiger partial charge on any atom is 0.240 e. The monoisotopic (exact) mass is 408 g/mol. The number of nitrogens with zero attached hydrogens (tertiary/aromatic N) is 2. The van der Waals surface area contributed by atoms with Crippen molar-refractivity contribution in [2.45, 2.75) is 11.8 Å². The van der Waals surface area contributed by atoms with Crippen LogP contribution < -0.4 is 10.6 Å². The number of carbonyl (C=O) groups excluding carboxylic acids is 2. The Morgan fingerprint density at radius 2 is 1.77 bits per heavy atom. The van der Waals surface area contributed by atoms with E-state index in [-0.39, 0.29) is 18.2 Å². The molecule has 0 aliphatic carbocycles. The molecule has 0 bridgehead atoms. The van der Waals surface area contributed by atoms with Crippen LogP contribution in [0.4, 0.5) is 11.5 Å². The first-order valence-electron chi connectivity index (χ1n) is 8.15. The number of nitrogens with one attached hydrogen (secondary N) is 2. The molecule has 2 aliphatic rings. The minimum absolute atomic E-state index is 0.0644. The van der Waals surface area contributed by atoms with Gasteiger partial charge >= 0.3 is 0 Å². The van der Waals surface area contributed by atoms with E-state index in [1.807, 2.05) is 48.5 Å². The topological polar surface area (TPSA) is 76.0 Å². The van der Waals surface area contributed by atoms with Crippen molar-refractivity contribution in [1.29, 1.82) is 0 Å². The molecule has 7 heteroatoms. The van der Waals surface area contributed by atoms with Gasteiger partial charge in [-0.15, -0.1) is 0 Å². The van der Waals surface area contributed by atoms with Gasteiger partial charge in [-0.3, -0.25) is 9.59 Å². The summed E-state index contributed by atoms with van der Waals surface area (Å²) in [5, 5.41) is 10.3. The second-order valence-electron chi connectivity index (χ2n) is 6.43. The third-order valence-electron chi connectivity index (χ3n) is 5.01. The summed E-state index contributed by atoms with van der Waals surface area (Å²) in [7, 11) is 0. The standard InChI is InChI=1S/C19H13BrN4O2/c20-11-5-7-12(8-6-11)24-17-14(10-21-24)19(9-16(25)23-17)13-3-1-2-4-15(13)22-18(19)26/h1-8,10H,9H2,(H,22,26)(H,23,25). The Balaban J connectivity index is 1.75. The van der Waals surface area contributed by atoms with Crippen molar-refractivity contribution in [2.75, 3.05) is 10.6 Å². The number of anilines is 2. The smallest absolute Gasteiger partial charge is 0.240 e. The van der Waals surface area contributed by atoms with Gasteiger partial charge in [0.1, 0.15) is 11.2 Å². The summed E-state index contributed by atoms with van der Waals surface area (Å²) in [5.74, 6) is 0.142. The second kappa shape index (κ2) is 5.28. The molecular weight excluding hydrogens is 396 g/mol. The molecule has 3 aromatic rings. The van der Waals surface area contributed by atoms with Crippen LogP contribution in [0.1, 0.15) is 17.5 Å².